The highest BCUT2D eigenvalue weighted by atomic mass is 19.1. The van der Waals surface area contributed by atoms with Gasteiger partial charge in [0, 0.05) is 6.54 Å². The number of aliphatic hydroxyl groups is 1. The molecule has 1 aromatic rings. The Hall–Kier alpha value is -1.20. The summed E-state index contributed by atoms with van der Waals surface area (Å²) in [7, 11) is 1.61. The lowest BCUT2D eigenvalue weighted by atomic mass is 10.1. The molecule has 0 heterocycles. The largest absolute Gasteiger partial charge is 0.503 e. The van der Waals surface area contributed by atoms with E-state index in [4.69, 9.17) is 5.11 Å². The SMILES string of the molecule is CNCC(O)c1cc(F)c(O)c(F)c1. The molecule has 78 valence electrons. The standard InChI is InChI=1S/C9H11F2NO2/c1-12-4-8(13)5-2-6(10)9(14)7(11)3-5/h2-3,8,12-14H,4H2,1H3. The second-order valence-corrected chi connectivity index (χ2v) is 2.91. The molecular formula is C9H11F2NO2. The maximum absolute atomic E-state index is 12.8. The first kappa shape index (κ1) is 10.9. The van der Waals surface area contributed by atoms with Crippen molar-refractivity contribution in [1.29, 1.82) is 0 Å². The maximum Gasteiger partial charge on any atom is 0.187 e. The predicted molar refractivity (Wildman–Crippen MR) is 46.9 cm³/mol. The van der Waals surface area contributed by atoms with Crippen LogP contribution in [0.25, 0.3) is 0 Å². The summed E-state index contributed by atoms with van der Waals surface area (Å²) in [5, 5.41) is 20.8. The van der Waals surface area contributed by atoms with Gasteiger partial charge in [0.15, 0.2) is 17.4 Å². The van der Waals surface area contributed by atoms with E-state index in [1.807, 2.05) is 0 Å². The molecule has 0 aliphatic heterocycles. The van der Waals surface area contributed by atoms with Gasteiger partial charge in [-0.3, -0.25) is 0 Å². The Morgan fingerprint density at radius 3 is 2.29 bits per heavy atom. The lowest BCUT2D eigenvalue weighted by Gasteiger charge is -2.10. The van der Waals surface area contributed by atoms with Crippen LogP contribution in [0.4, 0.5) is 8.78 Å². The van der Waals surface area contributed by atoms with Gasteiger partial charge < -0.3 is 15.5 Å². The summed E-state index contributed by atoms with van der Waals surface area (Å²) in [6, 6.07) is 1.81. The Morgan fingerprint density at radius 1 is 1.36 bits per heavy atom. The third-order valence-electron chi connectivity index (χ3n) is 1.82. The van der Waals surface area contributed by atoms with Crippen LogP contribution in [0.15, 0.2) is 12.1 Å². The van der Waals surface area contributed by atoms with Gasteiger partial charge in [-0.25, -0.2) is 8.78 Å². The van der Waals surface area contributed by atoms with Gasteiger partial charge in [-0.1, -0.05) is 0 Å². The van der Waals surface area contributed by atoms with Crippen LogP contribution in [0.1, 0.15) is 11.7 Å². The fourth-order valence-corrected chi connectivity index (χ4v) is 1.09. The quantitative estimate of drug-likeness (QED) is 0.684. The Labute approximate surface area is 80.0 Å². The number of aliphatic hydroxyl groups excluding tert-OH is 1. The average Bonchev–Trinajstić information content (AvgIpc) is 2.13. The van der Waals surface area contributed by atoms with Crippen molar-refractivity contribution in [2.75, 3.05) is 13.6 Å². The molecule has 0 spiro atoms. The molecule has 1 atom stereocenters. The first-order valence-corrected chi connectivity index (χ1v) is 4.06. The van der Waals surface area contributed by atoms with Crippen molar-refractivity contribution < 1.29 is 19.0 Å². The van der Waals surface area contributed by atoms with Gasteiger partial charge >= 0.3 is 0 Å². The van der Waals surface area contributed by atoms with Crippen LogP contribution < -0.4 is 5.32 Å². The summed E-state index contributed by atoms with van der Waals surface area (Å²) in [6.45, 7) is 0.184. The Kier molecular flexibility index (Phi) is 3.38. The molecule has 0 saturated heterocycles. The number of halogens is 2. The van der Waals surface area contributed by atoms with Gasteiger partial charge in [0.2, 0.25) is 0 Å². The Bertz CT molecular complexity index is 308. The van der Waals surface area contributed by atoms with Crippen molar-refractivity contribution in [3.8, 4) is 5.75 Å². The molecule has 0 aromatic heterocycles. The normalized spacial score (nSPS) is 12.9. The second-order valence-electron chi connectivity index (χ2n) is 2.91. The van der Waals surface area contributed by atoms with Gasteiger partial charge in [-0.05, 0) is 24.7 Å². The van der Waals surface area contributed by atoms with Crippen molar-refractivity contribution in [1.82, 2.24) is 5.32 Å². The zero-order valence-electron chi connectivity index (χ0n) is 7.59. The zero-order valence-corrected chi connectivity index (χ0v) is 7.59. The van der Waals surface area contributed by atoms with Crippen molar-refractivity contribution in [3.05, 3.63) is 29.3 Å². The van der Waals surface area contributed by atoms with Gasteiger partial charge in [-0.2, -0.15) is 0 Å². The molecule has 0 aliphatic rings. The molecule has 0 radical (unpaired) electrons. The van der Waals surface area contributed by atoms with Crippen molar-refractivity contribution in [2.24, 2.45) is 0 Å². The lowest BCUT2D eigenvalue weighted by molar-refractivity contribution is 0.176. The molecule has 0 bridgehead atoms. The molecule has 3 nitrogen and oxygen atoms in total. The summed E-state index contributed by atoms with van der Waals surface area (Å²) in [4.78, 5) is 0. The van der Waals surface area contributed by atoms with Crippen LogP contribution in [0.3, 0.4) is 0 Å². The Morgan fingerprint density at radius 2 is 1.86 bits per heavy atom. The number of likely N-dealkylation sites (N-methyl/N-ethyl adjacent to an activating group) is 1. The van der Waals surface area contributed by atoms with E-state index >= 15 is 0 Å². The molecular weight excluding hydrogens is 192 g/mol. The van der Waals surface area contributed by atoms with E-state index in [2.05, 4.69) is 5.32 Å². The van der Waals surface area contributed by atoms with Crippen LogP contribution in [0, 0.1) is 11.6 Å². The van der Waals surface area contributed by atoms with E-state index in [1.165, 1.54) is 0 Å². The van der Waals surface area contributed by atoms with Crippen LogP contribution in [0.5, 0.6) is 5.75 Å². The van der Waals surface area contributed by atoms with Crippen molar-refractivity contribution in [2.45, 2.75) is 6.10 Å². The molecule has 5 heteroatoms. The molecule has 0 saturated carbocycles. The summed E-state index contributed by atoms with van der Waals surface area (Å²) in [5.74, 6) is -3.17. The summed E-state index contributed by atoms with van der Waals surface area (Å²) in [6.07, 6.45) is -0.996. The van der Waals surface area contributed by atoms with E-state index in [9.17, 15) is 13.9 Å². The van der Waals surface area contributed by atoms with Gasteiger partial charge in [0.25, 0.3) is 0 Å². The number of nitrogens with one attached hydrogen (secondary N) is 1. The van der Waals surface area contributed by atoms with Gasteiger partial charge in [0.1, 0.15) is 0 Å². The number of rotatable bonds is 3. The van der Waals surface area contributed by atoms with Crippen LogP contribution in [-0.4, -0.2) is 23.8 Å². The number of hydrogen-bond donors (Lipinski definition) is 3. The fourth-order valence-electron chi connectivity index (χ4n) is 1.09. The average molecular weight is 203 g/mol. The second kappa shape index (κ2) is 4.34. The van der Waals surface area contributed by atoms with E-state index < -0.39 is 23.5 Å². The van der Waals surface area contributed by atoms with Crippen LogP contribution in [-0.2, 0) is 0 Å². The molecule has 0 amide bonds. The zero-order chi connectivity index (χ0) is 10.7. The molecule has 0 fully saturated rings. The summed E-state index contributed by atoms with van der Waals surface area (Å²) < 4.78 is 25.6. The number of aromatic hydroxyl groups is 1. The van der Waals surface area contributed by atoms with E-state index in [0.717, 1.165) is 12.1 Å². The minimum Gasteiger partial charge on any atom is -0.503 e. The highest BCUT2D eigenvalue weighted by Gasteiger charge is 2.14. The predicted octanol–water partition coefficient (Wildman–Crippen LogP) is 0.923. The molecule has 1 unspecified atom stereocenters. The first-order valence-electron chi connectivity index (χ1n) is 4.06. The van der Waals surface area contributed by atoms with E-state index in [0.29, 0.717) is 0 Å². The molecule has 14 heavy (non-hydrogen) atoms. The third kappa shape index (κ3) is 2.18. The smallest absolute Gasteiger partial charge is 0.187 e. The van der Waals surface area contributed by atoms with Crippen molar-refractivity contribution in [3.63, 3.8) is 0 Å². The number of benzene rings is 1. The first-order chi connectivity index (χ1) is 6.56. The number of phenolic OH excluding ortho intramolecular Hbond substituents is 1. The summed E-state index contributed by atoms with van der Waals surface area (Å²) in [5.41, 5.74) is 0.0900. The maximum atomic E-state index is 12.8. The minimum atomic E-state index is -1.07. The Balaban J connectivity index is 3.00. The molecule has 1 aromatic carbocycles. The number of hydrogen-bond acceptors (Lipinski definition) is 3. The van der Waals surface area contributed by atoms with E-state index in [-0.39, 0.29) is 12.1 Å². The van der Waals surface area contributed by atoms with Gasteiger partial charge in [0.05, 0.1) is 6.10 Å². The number of phenols is 1. The summed E-state index contributed by atoms with van der Waals surface area (Å²) >= 11 is 0. The van der Waals surface area contributed by atoms with Crippen LogP contribution >= 0.6 is 0 Å². The minimum absolute atomic E-state index is 0.0900. The van der Waals surface area contributed by atoms with Crippen molar-refractivity contribution >= 4 is 0 Å². The molecule has 1 rings (SSSR count). The monoisotopic (exact) mass is 203 g/mol. The lowest BCUT2D eigenvalue weighted by Crippen LogP contribution is -2.16. The van der Waals surface area contributed by atoms with Crippen LogP contribution in [0.2, 0.25) is 0 Å². The molecule has 0 aliphatic carbocycles. The highest BCUT2D eigenvalue weighted by Crippen LogP contribution is 2.24. The topological polar surface area (TPSA) is 52.5 Å². The third-order valence-corrected chi connectivity index (χ3v) is 1.82. The fraction of sp³-hybridized carbons (Fsp3) is 0.333. The van der Waals surface area contributed by atoms with Gasteiger partial charge in [-0.15, -0.1) is 0 Å². The van der Waals surface area contributed by atoms with E-state index in [1.54, 1.807) is 7.05 Å². The molecule has 3 N–H and O–H groups in total. The highest BCUT2D eigenvalue weighted by molar-refractivity contribution is 5.31.